The fraction of sp³-hybridized carbons (Fsp3) is 0.533. The third-order valence-corrected chi connectivity index (χ3v) is 5.33. The molecule has 8 heteroatoms. The van der Waals surface area contributed by atoms with Crippen LogP contribution in [-0.4, -0.2) is 40.5 Å². The third kappa shape index (κ3) is 3.52. The van der Waals surface area contributed by atoms with Crippen molar-refractivity contribution in [1.82, 2.24) is 5.32 Å². The molecule has 1 amide bonds. The number of carbonyl (C=O) groups is 1. The summed E-state index contributed by atoms with van der Waals surface area (Å²) in [6.07, 6.45) is 4.07. The Morgan fingerprint density at radius 1 is 1.30 bits per heavy atom. The summed E-state index contributed by atoms with van der Waals surface area (Å²) in [6, 6.07) is 4.99. The first kappa shape index (κ1) is 15.9. The van der Waals surface area contributed by atoms with Gasteiger partial charge in [0.15, 0.2) is 11.5 Å². The summed E-state index contributed by atoms with van der Waals surface area (Å²) in [7, 11) is -3.46. The fourth-order valence-corrected chi connectivity index (χ4v) is 3.54. The zero-order chi connectivity index (χ0) is 16.4. The van der Waals surface area contributed by atoms with Crippen molar-refractivity contribution in [3.05, 3.63) is 18.2 Å². The van der Waals surface area contributed by atoms with Crippen molar-refractivity contribution in [2.45, 2.75) is 19.3 Å². The van der Waals surface area contributed by atoms with Crippen LogP contribution in [0.3, 0.4) is 0 Å². The lowest BCUT2D eigenvalue weighted by molar-refractivity contribution is -0.127. The summed E-state index contributed by atoms with van der Waals surface area (Å²) in [4.78, 5) is 11.8. The maximum absolute atomic E-state index is 12.1. The van der Waals surface area contributed by atoms with E-state index in [4.69, 9.17) is 9.47 Å². The molecule has 0 spiro atoms. The summed E-state index contributed by atoms with van der Waals surface area (Å²) in [5.74, 6) is 1.22. The molecule has 1 aromatic rings. The van der Waals surface area contributed by atoms with Crippen molar-refractivity contribution >= 4 is 21.6 Å². The topological polar surface area (TPSA) is 84.9 Å². The van der Waals surface area contributed by atoms with Gasteiger partial charge in [-0.1, -0.05) is 6.42 Å². The van der Waals surface area contributed by atoms with E-state index in [2.05, 4.69) is 5.32 Å². The molecule has 0 saturated heterocycles. The van der Waals surface area contributed by atoms with E-state index in [0.29, 0.717) is 17.2 Å². The van der Waals surface area contributed by atoms with E-state index in [-0.39, 0.29) is 31.7 Å². The maximum atomic E-state index is 12.1. The van der Waals surface area contributed by atoms with Gasteiger partial charge >= 0.3 is 0 Å². The predicted octanol–water partition coefficient (Wildman–Crippen LogP) is 1.10. The number of anilines is 1. The first-order chi connectivity index (χ1) is 10.9. The lowest BCUT2D eigenvalue weighted by atomic mass is 9.85. The van der Waals surface area contributed by atoms with Crippen LogP contribution in [0.4, 0.5) is 5.69 Å². The molecule has 1 aliphatic carbocycles. The zero-order valence-electron chi connectivity index (χ0n) is 12.9. The number of nitrogens with one attached hydrogen (secondary N) is 1. The average Bonchev–Trinajstić information content (AvgIpc) is 2.87. The molecule has 0 unspecified atom stereocenters. The lowest BCUT2D eigenvalue weighted by Crippen LogP contribution is -2.41. The molecule has 23 heavy (non-hydrogen) atoms. The van der Waals surface area contributed by atoms with E-state index in [9.17, 15) is 13.2 Å². The lowest BCUT2D eigenvalue weighted by Gasteiger charge is -2.26. The Morgan fingerprint density at radius 2 is 2.04 bits per heavy atom. The van der Waals surface area contributed by atoms with Crippen molar-refractivity contribution in [3.8, 4) is 11.5 Å². The number of benzene rings is 1. The molecule has 1 saturated carbocycles. The SMILES string of the molecule is CS(=O)(=O)N(CCNC(=O)C1CCC1)c1ccc2c(c1)OCO2. The Labute approximate surface area is 135 Å². The number of fused-ring (bicyclic) bond motifs is 1. The van der Waals surface area contributed by atoms with Gasteiger partial charge in [0.2, 0.25) is 22.7 Å². The first-order valence-electron chi connectivity index (χ1n) is 7.60. The Hall–Kier alpha value is -1.96. The van der Waals surface area contributed by atoms with Crippen LogP contribution in [0.1, 0.15) is 19.3 Å². The highest BCUT2D eigenvalue weighted by Crippen LogP contribution is 2.36. The Balaban J connectivity index is 1.67. The van der Waals surface area contributed by atoms with E-state index < -0.39 is 10.0 Å². The molecule has 0 radical (unpaired) electrons. The summed E-state index contributed by atoms with van der Waals surface area (Å²) < 4.78 is 35.9. The van der Waals surface area contributed by atoms with Gasteiger partial charge in [0, 0.05) is 18.5 Å². The normalized spacial score (nSPS) is 16.7. The second-order valence-electron chi connectivity index (χ2n) is 5.79. The van der Waals surface area contributed by atoms with Crippen molar-refractivity contribution in [1.29, 1.82) is 0 Å². The van der Waals surface area contributed by atoms with Crippen LogP contribution in [0, 0.1) is 5.92 Å². The third-order valence-electron chi connectivity index (χ3n) is 4.13. The second kappa shape index (κ2) is 6.27. The van der Waals surface area contributed by atoms with Gasteiger partial charge in [0.05, 0.1) is 18.5 Å². The van der Waals surface area contributed by atoms with Crippen LogP contribution >= 0.6 is 0 Å². The minimum atomic E-state index is -3.46. The van der Waals surface area contributed by atoms with Crippen LogP contribution in [0.15, 0.2) is 18.2 Å². The van der Waals surface area contributed by atoms with Crippen LogP contribution in [0.25, 0.3) is 0 Å². The smallest absolute Gasteiger partial charge is 0.232 e. The molecule has 7 nitrogen and oxygen atoms in total. The number of amides is 1. The maximum Gasteiger partial charge on any atom is 0.232 e. The molecule has 1 aliphatic heterocycles. The van der Waals surface area contributed by atoms with E-state index in [1.165, 1.54) is 4.31 Å². The highest BCUT2D eigenvalue weighted by atomic mass is 32.2. The number of ether oxygens (including phenoxy) is 2. The molecular weight excluding hydrogens is 320 g/mol. The predicted molar refractivity (Wildman–Crippen MR) is 85.1 cm³/mol. The molecule has 1 heterocycles. The molecule has 0 atom stereocenters. The van der Waals surface area contributed by atoms with Gasteiger partial charge in [-0.3, -0.25) is 9.10 Å². The van der Waals surface area contributed by atoms with Gasteiger partial charge in [-0.2, -0.15) is 0 Å². The zero-order valence-corrected chi connectivity index (χ0v) is 13.8. The molecule has 1 aromatic carbocycles. The van der Waals surface area contributed by atoms with Crippen LogP contribution in [-0.2, 0) is 14.8 Å². The number of hydrogen-bond acceptors (Lipinski definition) is 5. The highest BCUT2D eigenvalue weighted by Gasteiger charge is 2.26. The van der Waals surface area contributed by atoms with Crippen molar-refractivity contribution in [3.63, 3.8) is 0 Å². The minimum absolute atomic E-state index is 0.00962. The number of hydrogen-bond donors (Lipinski definition) is 1. The molecule has 3 rings (SSSR count). The van der Waals surface area contributed by atoms with Gasteiger partial charge in [0.1, 0.15) is 0 Å². The van der Waals surface area contributed by atoms with E-state index in [1.807, 2.05) is 0 Å². The minimum Gasteiger partial charge on any atom is -0.454 e. The van der Waals surface area contributed by atoms with Gasteiger partial charge < -0.3 is 14.8 Å². The van der Waals surface area contributed by atoms with Gasteiger partial charge in [0.25, 0.3) is 0 Å². The number of nitrogens with zero attached hydrogens (tertiary/aromatic N) is 1. The molecule has 126 valence electrons. The van der Waals surface area contributed by atoms with Crippen LogP contribution in [0.2, 0.25) is 0 Å². The summed E-state index contributed by atoms with van der Waals surface area (Å²) >= 11 is 0. The van der Waals surface area contributed by atoms with Crippen LogP contribution in [0.5, 0.6) is 11.5 Å². The largest absolute Gasteiger partial charge is 0.454 e. The number of rotatable bonds is 6. The molecule has 0 bridgehead atoms. The monoisotopic (exact) mass is 340 g/mol. The number of sulfonamides is 1. The number of carbonyl (C=O) groups excluding carboxylic acids is 1. The molecule has 1 N–H and O–H groups in total. The molecular formula is C15H20N2O5S. The van der Waals surface area contributed by atoms with E-state index >= 15 is 0 Å². The van der Waals surface area contributed by atoms with Crippen LogP contribution < -0.4 is 19.1 Å². The van der Waals surface area contributed by atoms with Crippen molar-refractivity contribution in [2.24, 2.45) is 5.92 Å². The fourth-order valence-electron chi connectivity index (χ4n) is 2.62. The Kier molecular flexibility index (Phi) is 4.34. The van der Waals surface area contributed by atoms with Gasteiger partial charge in [-0.15, -0.1) is 0 Å². The molecule has 0 aromatic heterocycles. The quantitative estimate of drug-likeness (QED) is 0.838. The van der Waals surface area contributed by atoms with Gasteiger partial charge in [-0.05, 0) is 25.0 Å². The molecule has 1 fully saturated rings. The summed E-state index contributed by atoms with van der Waals surface area (Å²) in [5, 5.41) is 2.81. The average molecular weight is 340 g/mol. The van der Waals surface area contributed by atoms with E-state index in [0.717, 1.165) is 25.5 Å². The van der Waals surface area contributed by atoms with E-state index in [1.54, 1.807) is 18.2 Å². The summed E-state index contributed by atoms with van der Waals surface area (Å²) in [5.41, 5.74) is 0.495. The second-order valence-corrected chi connectivity index (χ2v) is 7.70. The van der Waals surface area contributed by atoms with Crippen molar-refractivity contribution < 1.29 is 22.7 Å². The summed E-state index contributed by atoms with van der Waals surface area (Å²) in [6.45, 7) is 0.586. The van der Waals surface area contributed by atoms with Crippen molar-refractivity contribution in [2.75, 3.05) is 30.4 Å². The Bertz CT molecular complexity index is 700. The molecule has 2 aliphatic rings. The standard InChI is InChI=1S/C15H20N2O5S/c1-23(19,20)17(8-7-16-15(18)11-3-2-4-11)12-5-6-13-14(9-12)22-10-21-13/h5-6,9,11H,2-4,7-8,10H2,1H3,(H,16,18). The first-order valence-corrected chi connectivity index (χ1v) is 9.45. The van der Waals surface area contributed by atoms with Gasteiger partial charge in [-0.25, -0.2) is 8.42 Å². The Morgan fingerprint density at radius 3 is 2.70 bits per heavy atom. The highest BCUT2D eigenvalue weighted by molar-refractivity contribution is 7.92.